The lowest BCUT2D eigenvalue weighted by Gasteiger charge is -2.24. The number of esters is 1. The molecule has 0 N–H and O–H groups in total. The van der Waals surface area contributed by atoms with Gasteiger partial charge in [0, 0.05) is 6.20 Å². The third kappa shape index (κ3) is 2.72. The van der Waals surface area contributed by atoms with Crippen LogP contribution in [0.15, 0.2) is 24.4 Å². The minimum atomic E-state index is -1.35. The van der Waals surface area contributed by atoms with Crippen molar-refractivity contribution in [3.8, 4) is 0 Å². The molecule has 0 fully saturated rings. The van der Waals surface area contributed by atoms with Gasteiger partial charge in [-0.3, -0.25) is 14.6 Å². The first-order valence-electron chi connectivity index (χ1n) is 5.25. The molecule has 0 saturated heterocycles. The molecule has 4 nitrogen and oxygen atoms in total. The first-order valence-corrected chi connectivity index (χ1v) is 6.37. The third-order valence-corrected chi connectivity index (χ3v) is 3.05. The molecular formula is C12H14BrNO3. The maximum atomic E-state index is 12.0. The Hall–Kier alpha value is -1.23. The van der Waals surface area contributed by atoms with Crippen molar-refractivity contribution in [3.05, 3.63) is 30.1 Å². The van der Waals surface area contributed by atoms with Crippen molar-refractivity contribution in [3.63, 3.8) is 0 Å². The fourth-order valence-electron chi connectivity index (χ4n) is 1.43. The van der Waals surface area contributed by atoms with Crippen molar-refractivity contribution in [1.29, 1.82) is 0 Å². The largest absolute Gasteiger partial charge is 0.465 e. The van der Waals surface area contributed by atoms with E-state index >= 15 is 0 Å². The predicted octanol–water partition coefficient (Wildman–Crippen LogP) is 1.87. The molecule has 17 heavy (non-hydrogen) atoms. The lowest BCUT2D eigenvalue weighted by molar-refractivity contribution is -0.152. The van der Waals surface area contributed by atoms with Gasteiger partial charge >= 0.3 is 5.97 Å². The molecule has 0 aliphatic carbocycles. The maximum absolute atomic E-state index is 12.0. The topological polar surface area (TPSA) is 56.3 Å². The Morgan fingerprint density at radius 3 is 2.65 bits per heavy atom. The molecule has 0 aliphatic heterocycles. The number of aromatic nitrogens is 1. The summed E-state index contributed by atoms with van der Waals surface area (Å²) < 4.78 is 4.96. The van der Waals surface area contributed by atoms with Gasteiger partial charge in [0.1, 0.15) is 0 Å². The van der Waals surface area contributed by atoms with Crippen LogP contribution < -0.4 is 0 Å². The van der Waals surface area contributed by atoms with Crippen LogP contribution in [0.5, 0.6) is 0 Å². The molecule has 0 aromatic carbocycles. The van der Waals surface area contributed by atoms with Gasteiger partial charge < -0.3 is 4.74 Å². The van der Waals surface area contributed by atoms with E-state index in [0.29, 0.717) is 5.69 Å². The van der Waals surface area contributed by atoms with Crippen LogP contribution in [0.1, 0.15) is 19.5 Å². The fourth-order valence-corrected chi connectivity index (χ4v) is 1.99. The predicted molar refractivity (Wildman–Crippen MR) is 67.0 cm³/mol. The van der Waals surface area contributed by atoms with Gasteiger partial charge in [-0.15, -0.1) is 0 Å². The van der Waals surface area contributed by atoms with Gasteiger partial charge in [0.25, 0.3) is 0 Å². The van der Waals surface area contributed by atoms with E-state index < -0.39 is 11.4 Å². The van der Waals surface area contributed by atoms with E-state index in [-0.39, 0.29) is 17.7 Å². The highest BCUT2D eigenvalue weighted by Gasteiger charge is 2.44. The molecule has 0 radical (unpaired) electrons. The number of ketones is 1. The number of carbonyl (C=O) groups excluding carboxylic acids is 2. The van der Waals surface area contributed by atoms with Crippen molar-refractivity contribution in [1.82, 2.24) is 4.98 Å². The first kappa shape index (κ1) is 13.8. The van der Waals surface area contributed by atoms with Gasteiger partial charge in [0.05, 0.1) is 17.6 Å². The molecule has 1 aromatic heterocycles. The highest BCUT2D eigenvalue weighted by atomic mass is 79.9. The van der Waals surface area contributed by atoms with E-state index in [2.05, 4.69) is 20.9 Å². The molecular weight excluding hydrogens is 286 g/mol. The molecule has 0 aliphatic rings. The van der Waals surface area contributed by atoms with Crippen LogP contribution in [0.3, 0.4) is 0 Å². The zero-order valence-corrected chi connectivity index (χ0v) is 11.4. The normalized spacial score (nSPS) is 13.8. The number of nitrogens with zero attached hydrogens (tertiary/aromatic N) is 1. The average Bonchev–Trinajstić information content (AvgIpc) is 2.38. The Balaban J connectivity index is 3.20. The molecule has 92 valence electrons. The summed E-state index contributed by atoms with van der Waals surface area (Å²) in [6, 6.07) is 5.12. The third-order valence-electron chi connectivity index (χ3n) is 2.54. The van der Waals surface area contributed by atoms with Gasteiger partial charge in [-0.1, -0.05) is 22.0 Å². The van der Waals surface area contributed by atoms with Gasteiger partial charge in [-0.05, 0) is 26.0 Å². The Morgan fingerprint density at radius 1 is 1.47 bits per heavy atom. The smallest absolute Gasteiger partial charge is 0.325 e. The second-order valence-corrected chi connectivity index (χ2v) is 4.18. The molecule has 0 saturated carbocycles. The zero-order valence-electron chi connectivity index (χ0n) is 9.77. The number of ether oxygens (including phenoxy) is 1. The van der Waals surface area contributed by atoms with Crippen molar-refractivity contribution >= 4 is 27.7 Å². The summed E-state index contributed by atoms with van der Waals surface area (Å²) in [4.78, 5) is 28.0. The van der Waals surface area contributed by atoms with E-state index in [1.807, 2.05) is 0 Å². The molecule has 0 amide bonds. The van der Waals surface area contributed by atoms with E-state index in [9.17, 15) is 9.59 Å². The summed E-state index contributed by atoms with van der Waals surface area (Å²) in [6.07, 6.45) is 1.55. The Morgan fingerprint density at radius 2 is 2.18 bits per heavy atom. The average molecular weight is 300 g/mol. The fraction of sp³-hybridized carbons (Fsp3) is 0.417. The minimum Gasteiger partial charge on any atom is -0.465 e. The summed E-state index contributed by atoms with van der Waals surface area (Å²) in [7, 11) is 0. The Bertz CT molecular complexity index is 407. The Kier molecular flexibility index (Phi) is 4.81. The Labute approximate surface area is 109 Å². The molecule has 5 heteroatoms. The molecule has 1 heterocycles. The van der Waals surface area contributed by atoms with Crippen LogP contribution in [0.4, 0.5) is 0 Å². The monoisotopic (exact) mass is 299 g/mol. The number of carbonyl (C=O) groups is 2. The number of alkyl halides is 1. The van der Waals surface area contributed by atoms with Gasteiger partial charge in [-0.25, -0.2) is 0 Å². The van der Waals surface area contributed by atoms with Gasteiger partial charge in [0.15, 0.2) is 11.2 Å². The lowest BCUT2D eigenvalue weighted by Crippen LogP contribution is -2.43. The number of halogens is 1. The van der Waals surface area contributed by atoms with E-state index in [0.717, 1.165) is 0 Å². The van der Waals surface area contributed by atoms with Crippen LogP contribution >= 0.6 is 15.9 Å². The number of rotatable bonds is 5. The zero-order chi connectivity index (χ0) is 12.9. The van der Waals surface area contributed by atoms with Crippen molar-refractivity contribution < 1.29 is 14.3 Å². The highest BCUT2D eigenvalue weighted by molar-refractivity contribution is 9.09. The van der Waals surface area contributed by atoms with Crippen molar-refractivity contribution in [2.75, 3.05) is 11.9 Å². The standard InChI is InChI=1S/C12H14BrNO3/c1-3-17-11(16)12(2,10(15)8-13)9-6-4-5-7-14-9/h4-7H,3,8H2,1-2H3. The molecule has 1 rings (SSSR count). The van der Waals surface area contributed by atoms with E-state index in [1.54, 1.807) is 31.3 Å². The van der Waals surface area contributed by atoms with E-state index in [4.69, 9.17) is 4.74 Å². The minimum absolute atomic E-state index is 0.0822. The molecule has 1 unspecified atom stereocenters. The lowest BCUT2D eigenvalue weighted by atomic mass is 9.82. The first-order chi connectivity index (χ1) is 8.07. The van der Waals surface area contributed by atoms with Crippen LogP contribution in [-0.2, 0) is 19.7 Å². The van der Waals surface area contributed by atoms with Crippen LogP contribution in [0.2, 0.25) is 0 Å². The number of hydrogen-bond acceptors (Lipinski definition) is 4. The summed E-state index contributed by atoms with van der Waals surface area (Å²) in [5.74, 6) is -0.835. The maximum Gasteiger partial charge on any atom is 0.325 e. The SMILES string of the molecule is CCOC(=O)C(C)(C(=O)CBr)c1ccccn1. The van der Waals surface area contributed by atoms with Crippen molar-refractivity contribution in [2.24, 2.45) is 0 Å². The van der Waals surface area contributed by atoms with Crippen molar-refractivity contribution in [2.45, 2.75) is 19.3 Å². The highest BCUT2D eigenvalue weighted by Crippen LogP contribution is 2.25. The second kappa shape index (κ2) is 5.91. The molecule has 1 aromatic rings. The molecule has 1 atom stereocenters. The van der Waals surface area contributed by atoms with Gasteiger partial charge in [0.2, 0.25) is 0 Å². The molecule has 0 bridgehead atoms. The summed E-state index contributed by atoms with van der Waals surface area (Å²) in [5, 5.41) is 0.0822. The van der Waals surface area contributed by atoms with Crippen LogP contribution in [-0.4, -0.2) is 28.7 Å². The summed E-state index contributed by atoms with van der Waals surface area (Å²) in [5.41, 5.74) is -0.941. The van der Waals surface area contributed by atoms with E-state index in [1.165, 1.54) is 6.92 Å². The summed E-state index contributed by atoms with van der Waals surface area (Å²) in [6.45, 7) is 3.48. The van der Waals surface area contributed by atoms with Crippen LogP contribution in [0.25, 0.3) is 0 Å². The number of hydrogen-bond donors (Lipinski definition) is 0. The molecule has 0 spiro atoms. The second-order valence-electron chi connectivity index (χ2n) is 3.62. The number of Topliss-reactive ketones (excluding diaryl/α,β-unsaturated/α-hetero) is 1. The van der Waals surface area contributed by atoms with Gasteiger partial charge in [-0.2, -0.15) is 0 Å². The number of pyridine rings is 1. The van der Waals surface area contributed by atoms with Crippen LogP contribution in [0, 0.1) is 0 Å². The summed E-state index contributed by atoms with van der Waals surface area (Å²) >= 11 is 3.08. The quantitative estimate of drug-likeness (QED) is 0.473.